The molecule has 0 saturated carbocycles. The van der Waals surface area contributed by atoms with E-state index in [1.807, 2.05) is 20.8 Å². The monoisotopic (exact) mass is 316 g/mol. The first kappa shape index (κ1) is 20.9. The highest BCUT2D eigenvalue weighted by molar-refractivity contribution is 5.78. The van der Waals surface area contributed by atoms with E-state index in [4.69, 9.17) is 9.47 Å². The van der Waals surface area contributed by atoms with Gasteiger partial charge in [-0.1, -0.05) is 20.8 Å². The Kier molecular flexibility index (Phi) is 12.8. The number of nitrogens with zero attached hydrogens (tertiary/aromatic N) is 1. The second-order valence-electron chi connectivity index (χ2n) is 4.81. The van der Waals surface area contributed by atoms with E-state index in [0.29, 0.717) is 39.1 Å². The molecule has 0 aromatic rings. The Hall–Kier alpha value is -1.14. The average Bonchev–Trinajstić information content (AvgIpc) is 2.56. The summed E-state index contributed by atoms with van der Waals surface area (Å²) in [6, 6.07) is 0. The van der Waals surface area contributed by atoms with Crippen LogP contribution in [0.4, 0.5) is 0 Å². The SMILES string of the molecule is CC.CCNCCOCC(=O)N1CCC(C(=O)OCC)CC1. The number of likely N-dealkylation sites (tertiary alicyclic amines) is 1. The van der Waals surface area contributed by atoms with Crippen LogP contribution in [0.3, 0.4) is 0 Å². The number of piperidine rings is 1. The molecule has 0 unspecified atom stereocenters. The molecular weight excluding hydrogens is 284 g/mol. The summed E-state index contributed by atoms with van der Waals surface area (Å²) in [6.07, 6.45) is 1.37. The molecule has 6 nitrogen and oxygen atoms in total. The summed E-state index contributed by atoms with van der Waals surface area (Å²) >= 11 is 0. The third kappa shape index (κ3) is 8.34. The molecule has 1 heterocycles. The number of ether oxygens (including phenoxy) is 2. The molecule has 1 saturated heterocycles. The summed E-state index contributed by atoms with van der Waals surface area (Å²) in [5, 5.41) is 3.13. The lowest BCUT2D eigenvalue weighted by atomic mass is 9.97. The minimum Gasteiger partial charge on any atom is -0.466 e. The quantitative estimate of drug-likeness (QED) is 0.542. The first-order valence-corrected chi connectivity index (χ1v) is 8.41. The Morgan fingerprint density at radius 2 is 1.82 bits per heavy atom. The normalized spacial score (nSPS) is 15.0. The molecule has 0 aromatic heterocycles. The van der Waals surface area contributed by atoms with Gasteiger partial charge in [-0.3, -0.25) is 9.59 Å². The lowest BCUT2D eigenvalue weighted by Gasteiger charge is -2.30. The van der Waals surface area contributed by atoms with E-state index in [-0.39, 0.29) is 24.4 Å². The zero-order valence-corrected chi connectivity index (χ0v) is 14.5. The number of hydrogen-bond acceptors (Lipinski definition) is 5. The summed E-state index contributed by atoms with van der Waals surface area (Å²) in [7, 11) is 0. The number of hydrogen-bond donors (Lipinski definition) is 1. The van der Waals surface area contributed by atoms with E-state index in [1.54, 1.807) is 11.8 Å². The van der Waals surface area contributed by atoms with Gasteiger partial charge in [-0.25, -0.2) is 0 Å². The topological polar surface area (TPSA) is 67.9 Å². The third-order valence-electron chi connectivity index (χ3n) is 3.37. The number of likely N-dealkylation sites (N-methyl/N-ethyl adjacent to an activating group) is 1. The van der Waals surface area contributed by atoms with Gasteiger partial charge in [-0.15, -0.1) is 0 Å². The highest BCUT2D eigenvalue weighted by atomic mass is 16.5. The summed E-state index contributed by atoms with van der Waals surface area (Å²) in [5.74, 6) is -0.195. The first-order chi connectivity index (χ1) is 10.7. The van der Waals surface area contributed by atoms with Crippen molar-refractivity contribution in [3.63, 3.8) is 0 Å². The van der Waals surface area contributed by atoms with Crippen molar-refractivity contribution in [2.24, 2.45) is 5.92 Å². The maximum atomic E-state index is 11.9. The molecule has 0 aliphatic carbocycles. The molecule has 0 atom stereocenters. The van der Waals surface area contributed by atoms with Crippen LogP contribution in [0.1, 0.15) is 40.5 Å². The highest BCUT2D eigenvalue weighted by Gasteiger charge is 2.27. The first-order valence-electron chi connectivity index (χ1n) is 8.41. The van der Waals surface area contributed by atoms with Crippen molar-refractivity contribution < 1.29 is 19.1 Å². The predicted octanol–water partition coefficient (Wildman–Crippen LogP) is 1.44. The molecule has 1 rings (SSSR count). The molecule has 0 bridgehead atoms. The molecule has 22 heavy (non-hydrogen) atoms. The predicted molar refractivity (Wildman–Crippen MR) is 86.6 cm³/mol. The van der Waals surface area contributed by atoms with Gasteiger partial charge in [0.25, 0.3) is 0 Å². The van der Waals surface area contributed by atoms with Gasteiger partial charge in [0.15, 0.2) is 0 Å². The van der Waals surface area contributed by atoms with Gasteiger partial charge in [-0.05, 0) is 26.3 Å². The molecule has 1 aliphatic rings. The second kappa shape index (κ2) is 13.5. The second-order valence-corrected chi connectivity index (χ2v) is 4.81. The molecule has 1 fully saturated rings. The van der Waals surface area contributed by atoms with Crippen LogP contribution < -0.4 is 5.32 Å². The van der Waals surface area contributed by atoms with Crippen molar-refractivity contribution >= 4 is 11.9 Å². The summed E-state index contributed by atoms with van der Waals surface area (Å²) < 4.78 is 10.3. The number of carbonyl (C=O) groups excluding carboxylic acids is 2. The standard InChI is InChI=1S/C14H26N2O4.C2H6/c1-3-15-7-10-19-11-13(17)16-8-5-12(6-9-16)14(18)20-4-2;1-2/h12,15H,3-11H2,1-2H3;1-2H3. The lowest BCUT2D eigenvalue weighted by Crippen LogP contribution is -2.42. The lowest BCUT2D eigenvalue weighted by molar-refractivity contribution is -0.151. The van der Waals surface area contributed by atoms with Crippen LogP contribution in [0.25, 0.3) is 0 Å². The number of amides is 1. The Labute approximate surface area is 134 Å². The van der Waals surface area contributed by atoms with Gasteiger partial charge in [0.1, 0.15) is 6.61 Å². The molecule has 6 heteroatoms. The fraction of sp³-hybridized carbons (Fsp3) is 0.875. The van der Waals surface area contributed by atoms with Crippen molar-refractivity contribution in [1.29, 1.82) is 0 Å². The molecule has 1 N–H and O–H groups in total. The highest BCUT2D eigenvalue weighted by Crippen LogP contribution is 2.18. The van der Waals surface area contributed by atoms with E-state index >= 15 is 0 Å². The number of nitrogens with one attached hydrogen (secondary N) is 1. The molecule has 1 amide bonds. The molecular formula is C16H32N2O4. The number of rotatable bonds is 8. The van der Waals surface area contributed by atoms with Gasteiger partial charge in [0, 0.05) is 19.6 Å². The third-order valence-corrected chi connectivity index (χ3v) is 3.37. The van der Waals surface area contributed by atoms with Crippen molar-refractivity contribution in [2.45, 2.75) is 40.5 Å². The smallest absolute Gasteiger partial charge is 0.309 e. The van der Waals surface area contributed by atoms with Crippen molar-refractivity contribution in [1.82, 2.24) is 10.2 Å². The van der Waals surface area contributed by atoms with Crippen LogP contribution in [-0.2, 0) is 19.1 Å². The fourth-order valence-corrected chi connectivity index (χ4v) is 2.20. The van der Waals surface area contributed by atoms with Crippen LogP contribution in [-0.4, -0.2) is 62.8 Å². The van der Waals surface area contributed by atoms with Gasteiger partial charge in [0.05, 0.1) is 19.1 Å². The number of carbonyl (C=O) groups is 2. The maximum Gasteiger partial charge on any atom is 0.309 e. The van der Waals surface area contributed by atoms with Crippen LogP contribution >= 0.6 is 0 Å². The van der Waals surface area contributed by atoms with Gasteiger partial charge in [0.2, 0.25) is 5.91 Å². The zero-order chi connectivity index (χ0) is 16.8. The summed E-state index contributed by atoms with van der Waals surface area (Å²) in [5.41, 5.74) is 0. The van der Waals surface area contributed by atoms with E-state index in [9.17, 15) is 9.59 Å². The molecule has 1 aliphatic heterocycles. The van der Waals surface area contributed by atoms with Crippen LogP contribution in [0, 0.1) is 5.92 Å². The summed E-state index contributed by atoms with van der Waals surface area (Å²) in [6.45, 7) is 11.8. The van der Waals surface area contributed by atoms with E-state index in [2.05, 4.69) is 5.32 Å². The van der Waals surface area contributed by atoms with Crippen LogP contribution in [0.5, 0.6) is 0 Å². The van der Waals surface area contributed by atoms with E-state index in [1.165, 1.54) is 0 Å². The van der Waals surface area contributed by atoms with Crippen LogP contribution in [0.15, 0.2) is 0 Å². The molecule has 0 spiro atoms. The molecule has 0 radical (unpaired) electrons. The molecule has 130 valence electrons. The fourth-order valence-electron chi connectivity index (χ4n) is 2.20. The Morgan fingerprint density at radius 3 is 2.36 bits per heavy atom. The Bertz CT molecular complexity index is 303. The Morgan fingerprint density at radius 1 is 1.18 bits per heavy atom. The van der Waals surface area contributed by atoms with Crippen molar-refractivity contribution in [3.05, 3.63) is 0 Å². The van der Waals surface area contributed by atoms with Gasteiger partial charge >= 0.3 is 5.97 Å². The van der Waals surface area contributed by atoms with Gasteiger partial charge < -0.3 is 19.7 Å². The zero-order valence-electron chi connectivity index (χ0n) is 14.5. The van der Waals surface area contributed by atoms with Gasteiger partial charge in [-0.2, -0.15) is 0 Å². The minimum atomic E-state index is -0.138. The van der Waals surface area contributed by atoms with E-state index < -0.39 is 0 Å². The average molecular weight is 316 g/mol. The van der Waals surface area contributed by atoms with Crippen molar-refractivity contribution in [2.75, 3.05) is 46.0 Å². The maximum absolute atomic E-state index is 11.9. The van der Waals surface area contributed by atoms with Crippen LogP contribution in [0.2, 0.25) is 0 Å². The van der Waals surface area contributed by atoms with Crippen molar-refractivity contribution in [3.8, 4) is 0 Å². The number of esters is 1. The van der Waals surface area contributed by atoms with E-state index in [0.717, 1.165) is 13.1 Å². The minimum absolute atomic E-state index is 0.00353. The summed E-state index contributed by atoms with van der Waals surface area (Å²) in [4.78, 5) is 25.3. The Balaban J connectivity index is 0.00000211. The largest absolute Gasteiger partial charge is 0.466 e. The molecule has 0 aromatic carbocycles.